The minimum atomic E-state index is -0.105. The van der Waals surface area contributed by atoms with Gasteiger partial charge in [-0.3, -0.25) is 9.59 Å². The lowest BCUT2D eigenvalue weighted by Crippen LogP contribution is -2.22. The van der Waals surface area contributed by atoms with Gasteiger partial charge in [0.05, 0.1) is 9.88 Å². The molecule has 6 heteroatoms. The lowest BCUT2D eigenvalue weighted by Gasteiger charge is -2.12. The molecule has 2 aromatic rings. The van der Waals surface area contributed by atoms with E-state index in [2.05, 4.69) is 10.6 Å². The fourth-order valence-corrected chi connectivity index (χ4v) is 3.50. The normalized spacial score (nSPS) is 13.4. The molecule has 0 atom stereocenters. The van der Waals surface area contributed by atoms with Gasteiger partial charge in [-0.15, -0.1) is 11.3 Å². The van der Waals surface area contributed by atoms with Gasteiger partial charge in [0.15, 0.2) is 0 Å². The van der Waals surface area contributed by atoms with E-state index in [9.17, 15) is 9.59 Å². The molecule has 0 unspecified atom stereocenters. The molecule has 1 aromatic heterocycles. The van der Waals surface area contributed by atoms with Crippen molar-refractivity contribution < 1.29 is 9.59 Å². The summed E-state index contributed by atoms with van der Waals surface area (Å²) in [4.78, 5) is 27.0. The van der Waals surface area contributed by atoms with Crippen molar-refractivity contribution in [3.63, 3.8) is 0 Å². The average molecular weight is 357 g/mol. The van der Waals surface area contributed by atoms with Gasteiger partial charge < -0.3 is 15.5 Å². The number of aryl methyl sites for hydroxylation is 1. The van der Waals surface area contributed by atoms with E-state index < -0.39 is 0 Å². The fraction of sp³-hybridized carbons (Fsp3) is 0.368. The van der Waals surface area contributed by atoms with Crippen LogP contribution in [0, 0.1) is 12.8 Å². The number of benzene rings is 1. The minimum Gasteiger partial charge on any atom is -0.378 e. The molecule has 25 heavy (non-hydrogen) atoms. The second-order valence-corrected chi connectivity index (χ2v) is 7.68. The van der Waals surface area contributed by atoms with Crippen molar-refractivity contribution in [2.75, 3.05) is 24.3 Å². The Morgan fingerprint density at radius 1 is 1.20 bits per heavy atom. The monoisotopic (exact) mass is 357 g/mol. The van der Waals surface area contributed by atoms with Gasteiger partial charge in [0.2, 0.25) is 5.91 Å². The van der Waals surface area contributed by atoms with Gasteiger partial charge in [-0.1, -0.05) is 12.1 Å². The quantitative estimate of drug-likeness (QED) is 0.833. The second-order valence-electron chi connectivity index (χ2n) is 6.63. The van der Waals surface area contributed by atoms with Crippen LogP contribution >= 0.6 is 11.3 Å². The zero-order valence-electron chi connectivity index (χ0n) is 14.8. The Labute approximate surface area is 152 Å². The van der Waals surface area contributed by atoms with Gasteiger partial charge in [0.25, 0.3) is 5.91 Å². The summed E-state index contributed by atoms with van der Waals surface area (Å²) in [5.41, 5.74) is 3.06. The van der Waals surface area contributed by atoms with Crippen LogP contribution < -0.4 is 15.5 Å². The first-order valence-electron chi connectivity index (χ1n) is 8.40. The van der Waals surface area contributed by atoms with E-state index in [1.54, 1.807) is 0 Å². The molecule has 0 bridgehead atoms. The van der Waals surface area contributed by atoms with Crippen molar-refractivity contribution in [3.05, 3.63) is 46.3 Å². The Kier molecular flexibility index (Phi) is 5.08. The van der Waals surface area contributed by atoms with Gasteiger partial charge in [-0.25, -0.2) is 0 Å². The van der Waals surface area contributed by atoms with Crippen LogP contribution in [-0.2, 0) is 11.3 Å². The fourth-order valence-electron chi connectivity index (χ4n) is 2.51. The predicted octanol–water partition coefficient (Wildman–Crippen LogP) is 3.40. The van der Waals surface area contributed by atoms with Crippen LogP contribution in [0.5, 0.6) is 0 Å². The Bertz CT molecular complexity index is 776. The van der Waals surface area contributed by atoms with Crippen LogP contribution in [0.25, 0.3) is 0 Å². The van der Waals surface area contributed by atoms with Gasteiger partial charge in [-0.05, 0) is 49.1 Å². The summed E-state index contributed by atoms with van der Waals surface area (Å²) in [5, 5.41) is 6.60. The molecular weight excluding hydrogens is 334 g/mol. The van der Waals surface area contributed by atoms with Crippen molar-refractivity contribution in [3.8, 4) is 0 Å². The number of thiophene rings is 1. The SMILES string of the molecule is Cc1cc(NC(=O)C2CC2)sc1C(=O)NCc1ccc(N(C)C)cc1. The molecule has 5 nitrogen and oxygen atoms in total. The maximum Gasteiger partial charge on any atom is 0.261 e. The number of hydrogen-bond acceptors (Lipinski definition) is 4. The zero-order valence-corrected chi connectivity index (χ0v) is 15.6. The van der Waals surface area contributed by atoms with Gasteiger partial charge in [-0.2, -0.15) is 0 Å². The Morgan fingerprint density at radius 2 is 1.88 bits per heavy atom. The van der Waals surface area contributed by atoms with Crippen LogP contribution in [0.2, 0.25) is 0 Å². The summed E-state index contributed by atoms with van der Waals surface area (Å²) in [5.74, 6) is 0.116. The third kappa shape index (κ3) is 4.39. The van der Waals surface area contributed by atoms with Crippen molar-refractivity contribution in [1.82, 2.24) is 5.32 Å². The third-order valence-electron chi connectivity index (χ3n) is 4.22. The highest BCUT2D eigenvalue weighted by Crippen LogP contribution is 2.32. The van der Waals surface area contributed by atoms with E-state index in [0.717, 1.165) is 34.7 Å². The van der Waals surface area contributed by atoms with Gasteiger partial charge in [0.1, 0.15) is 0 Å². The first kappa shape index (κ1) is 17.5. The molecule has 2 N–H and O–H groups in total. The summed E-state index contributed by atoms with van der Waals surface area (Å²) in [6.07, 6.45) is 1.94. The van der Waals surface area contributed by atoms with E-state index in [1.165, 1.54) is 11.3 Å². The molecule has 1 saturated carbocycles. The standard InChI is InChI=1S/C19H23N3O2S/c1-12-10-16(21-18(23)14-6-7-14)25-17(12)19(24)20-11-13-4-8-15(9-5-13)22(2)3/h4-5,8-10,14H,6-7,11H2,1-3H3,(H,20,24)(H,21,23). The molecule has 1 heterocycles. The molecule has 0 radical (unpaired) electrons. The van der Waals surface area contributed by atoms with Crippen molar-refractivity contribution in [1.29, 1.82) is 0 Å². The molecule has 1 aromatic carbocycles. The predicted molar refractivity (Wildman–Crippen MR) is 102 cm³/mol. The number of anilines is 2. The highest BCUT2D eigenvalue weighted by Gasteiger charge is 2.30. The summed E-state index contributed by atoms with van der Waals surface area (Å²) >= 11 is 1.33. The van der Waals surface area contributed by atoms with Crippen molar-refractivity contribution in [2.24, 2.45) is 5.92 Å². The molecule has 0 aliphatic heterocycles. The maximum atomic E-state index is 12.4. The number of nitrogens with zero attached hydrogens (tertiary/aromatic N) is 1. The molecule has 132 valence electrons. The topological polar surface area (TPSA) is 61.4 Å². The van der Waals surface area contributed by atoms with Crippen LogP contribution in [0.4, 0.5) is 10.7 Å². The highest BCUT2D eigenvalue weighted by atomic mass is 32.1. The summed E-state index contributed by atoms with van der Waals surface area (Å²) in [6.45, 7) is 2.37. The third-order valence-corrected chi connectivity index (χ3v) is 5.38. The molecule has 2 amide bonds. The van der Waals surface area contributed by atoms with Crippen LogP contribution in [-0.4, -0.2) is 25.9 Å². The molecule has 0 spiro atoms. The Morgan fingerprint density at radius 3 is 2.48 bits per heavy atom. The molecule has 1 aliphatic carbocycles. The first-order chi connectivity index (χ1) is 11.9. The highest BCUT2D eigenvalue weighted by molar-refractivity contribution is 7.18. The molecule has 1 fully saturated rings. The Hall–Kier alpha value is -2.34. The number of nitrogens with one attached hydrogen (secondary N) is 2. The first-order valence-corrected chi connectivity index (χ1v) is 9.21. The van der Waals surface area contributed by atoms with E-state index >= 15 is 0 Å². The van der Waals surface area contributed by atoms with Crippen LogP contribution in [0.3, 0.4) is 0 Å². The van der Waals surface area contributed by atoms with E-state index in [0.29, 0.717) is 11.4 Å². The lowest BCUT2D eigenvalue weighted by atomic mass is 10.2. The molecular formula is C19H23N3O2S. The molecule has 1 aliphatic rings. The van der Waals surface area contributed by atoms with E-state index in [4.69, 9.17) is 0 Å². The lowest BCUT2D eigenvalue weighted by molar-refractivity contribution is -0.117. The number of amides is 2. The number of carbonyl (C=O) groups excluding carboxylic acids is 2. The van der Waals surface area contributed by atoms with Crippen LogP contribution in [0.1, 0.15) is 33.6 Å². The number of hydrogen-bond donors (Lipinski definition) is 2. The smallest absolute Gasteiger partial charge is 0.261 e. The van der Waals surface area contributed by atoms with Gasteiger partial charge >= 0.3 is 0 Å². The minimum absolute atomic E-state index is 0.0641. The zero-order chi connectivity index (χ0) is 18.0. The summed E-state index contributed by atoms with van der Waals surface area (Å²) < 4.78 is 0. The average Bonchev–Trinajstić information content (AvgIpc) is 3.37. The van der Waals surface area contributed by atoms with Gasteiger partial charge in [0, 0.05) is 32.2 Å². The van der Waals surface area contributed by atoms with E-state index in [-0.39, 0.29) is 17.7 Å². The second kappa shape index (κ2) is 7.27. The van der Waals surface area contributed by atoms with Crippen molar-refractivity contribution >= 4 is 33.8 Å². The number of carbonyl (C=O) groups is 2. The van der Waals surface area contributed by atoms with Crippen molar-refractivity contribution in [2.45, 2.75) is 26.3 Å². The molecule has 0 saturated heterocycles. The van der Waals surface area contributed by atoms with E-state index in [1.807, 2.05) is 56.3 Å². The summed E-state index contributed by atoms with van der Waals surface area (Å²) in [6, 6.07) is 9.95. The van der Waals surface area contributed by atoms with Crippen LogP contribution in [0.15, 0.2) is 30.3 Å². The maximum absolute atomic E-state index is 12.4. The summed E-state index contributed by atoms with van der Waals surface area (Å²) in [7, 11) is 3.99. The largest absolute Gasteiger partial charge is 0.378 e. The number of rotatable bonds is 6. The Balaban J connectivity index is 1.59. The molecule has 3 rings (SSSR count).